The number of rotatable bonds is 11. The molecule has 1 N–H and O–H groups in total. The zero-order chi connectivity index (χ0) is 28.1. The number of nitrogens with zero attached hydrogens (tertiary/aromatic N) is 5. The van der Waals surface area contributed by atoms with E-state index < -0.39 is 0 Å². The Hall–Kier alpha value is -3.72. The summed E-state index contributed by atoms with van der Waals surface area (Å²) in [6.07, 6.45) is 7.47. The molecule has 5 rings (SSSR count). The fourth-order valence-electron chi connectivity index (χ4n) is 5.97. The molecule has 1 fully saturated rings. The van der Waals surface area contributed by atoms with E-state index >= 15 is 0 Å². The number of benzene rings is 2. The average molecular weight is 545 g/mol. The molecule has 40 heavy (non-hydrogen) atoms. The minimum atomic E-state index is -0.0609. The van der Waals surface area contributed by atoms with Crippen molar-refractivity contribution in [3.05, 3.63) is 75.3 Å². The summed E-state index contributed by atoms with van der Waals surface area (Å²) in [6, 6.07) is 14.5. The Kier molecular flexibility index (Phi) is 8.79. The van der Waals surface area contributed by atoms with Gasteiger partial charge in [0.2, 0.25) is 0 Å². The zero-order valence-electron chi connectivity index (χ0n) is 24.0. The van der Waals surface area contributed by atoms with Gasteiger partial charge >= 0.3 is 0 Å². The van der Waals surface area contributed by atoms with Gasteiger partial charge in [-0.15, -0.1) is 5.10 Å². The van der Waals surface area contributed by atoms with Gasteiger partial charge in [0.1, 0.15) is 0 Å². The van der Waals surface area contributed by atoms with E-state index in [4.69, 9.17) is 9.47 Å². The number of aromatic nitrogens is 5. The monoisotopic (exact) mass is 544 g/mol. The van der Waals surface area contributed by atoms with Crippen LogP contribution in [0.4, 0.5) is 0 Å². The molecule has 1 saturated carbocycles. The fraction of sp³-hybridized carbons (Fsp3) is 0.484. The largest absolute Gasteiger partial charge is 0.493 e. The van der Waals surface area contributed by atoms with Crippen LogP contribution in [0.2, 0.25) is 0 Å². The van der Waals surface area contributed by atoms with Gasteiger partial charge < -0.3 is 14.5 Å². The van der Waals surface area contributed by atoms with Gasteiger partial charge in [-0.1, -0.05) is 43.9 Å². The molecule has 4 aromatic rings. The molecule has 9 heteroatoms. The first-order valence-electron chi connectivity index (χ1n) is 14.4. The molecule has 0 spiro atoms. The molecular formula is C31H40N6O3. The minimum absolute atomic E-state index is 0.0373. The Labute approximate surface area is 235 Å². The number of ether oxygens (including phenoxy) is 2. The first-order chi connectivity index (χ1) is 19.5. The topological polar surface area (TPSA) is 98.2 Å². The number of methoxy groups -OCH3 is 2. The second-order valence-electron chi connectivity index (χ2n) is 10.8. The Balaban J connectivity index is 1.49. The lowest BCUT2D eigenvalue weighted by Crippen LogP contribution is -2.35. The van der Waals surface area contributed by atoms with Crippen LogP contribution in [0.1, 0.15) is 80.0 Å². The summed E-state index contributed by atoms with van der Waals surface area (Å²) in [5.41, 5.74) is 3.82. The Morgan fingerprint density at radius 3 is 2.60 bits per heavy atom. The summed E-state index contributed by atoms with van der Waals surface area (Å²) in [4.78, 5) is 18.7. The normalized spacial score (nSPS) is 15.0. The predicted octanol–water partition coefficient (Wildman–Crippen LogP) is 5.54. The van der Waals surface area contributed by atoms with E-state index in [0.717, 1.165) is 65.6 Å². The van der Waals surface area contributed by atoms with Gasteiger partial charge in [0.05, 0.1) is 26.3 Å². The van der Waals surface area contributed by atoms with E-state index in [2.05, 4.69) is 56.1 Å². The maximum absolute atomic E-state index is 13.2. The number of aromatic amines is 1. The van der Waals surface area contributed by atoms with Crippen LogP contribution in [0.5, 0.6) is 11.5 Å². The number of hydrogen-bond acceptors (Lipinski definition) is 7. The van der Waals surface area contributed by atoms with E-state index in [1.165, 1.54) is 19.3 Å². The van der Waals surface area contributed by atoms with Crippen LogP contribution in [0, 0.1) is 6.92 Å². The van der Waals surface area contributed by atoms with Crippen LogP contribution in [-0.2, 0) is 13.0 Å². The summed E-state index contributed by atoms with van der Waals surface area (Å²) in [7, 11) is 3.30. The maximum Gasteiger partial charge on any atom is 0.252 e. The lowest BCUT2D eigenvalue weighted by molar-refractivity contribution is 0.165. The maximum atomic E-state index is 13.2. The highest BCUT2D eigenvalue weighted by atomic mass is 16.5. The third-order valence-electron chi connectivity index (χ3n) is 8.15. The van der Waals surface area contributed by atoms with E-state index in [0.29, 0.717) is 24.1 Å². The first-order valence-corrected chi connectivity index (χ1v) is 14.4. The molecule has 1 aliphatic rings. The molecule has 0 aliphatic heterocycles. The van der Waals surface area contributed by atoms with Crippen molar-refractivity contribution in [2.24, 2.45) is 0 Å². The molecule has 0 amide bonds. The molecule has 0 saturated heterocycles. The van der Waals surface area contributed by atoms with Gasteiger partial charge in [0.15, 0.2) is 17.3 Å². The SMILES string of the molecule is CC[C@H](c1nnnn1C1CCCCC1)N(CCc1ccc(OC)c(OC)c1)Cc1cc2cc(C)ccc2[nH]c1=O. The van der Waals surface area contributed by atoms with Crippen molar-refractivity contribution in [3.63, 3.8) is 0 Å². The van der Waals surface area contributed by atoms with E-state index in [9.17, 15) is 4.79 Å². The molecule has 2 aromatic heterocycles. The summed E-state index contributed by atoms with van der Waals surface area (Å²) in [5, 5.41) is 14.2. The van der Waals surface area contributed by atoms with Crippen LogP contribution >= 0.6 is 0 Å². The third-order valence-corrected chi connectivity index (χ3v) is 8.15. The van der Waals surface area contributed by atoms with Crippen molar-refractivity contribution in [1.29, 1.82) is 0 Å². The first kappa shape index (κ1) is 27.8. The van der Waals surface area contributed by atoms with Crippen LogP contribution in [0.3, 0.4) is 0 Å². The number of pyridine rings is 1. The number of hydrogen-bond donors (Lipinski definition) is 1. The van der Waals surface area contributed by atoms with Crippen molar-refractivity contribution in [2.75, 3.05) is 20.8 Å². The Morgan fingerprint density at radius 2 is 1.85 bits per heavy atom. The standard InChI is InChI=1S/C31H40N6O3/c1-5-27(30-33-34-35-37(30)25-9-7-6-8-10-25)36(16-15-22-12-14-28(39-3)29(18-22)40-4)20-24-19-23-17-21(2)11-13-26(23)32-31(24)38/h11-14,17-19,25,27H,5-10,15-16,20H2,1-4H3,(H,32,38)/t27-/m1/s1. The van der Waals surface area contributed by atoms with E-state index in [-0.39, 0.29) is 11.6 Å². The molecule has 0 bridgehead atoms. The molecule has 1 atom stereocenters. The average Bonchev–Trinajstić information content (AvgIpc) is 3.46. The molecule has 2 aromatic carbocycles. The molecule has 0 unspecified atom stereocenters. The highest BCUT2D eigenvalue weighted by molar-refractivity contribution is 5.79. The van der Waals surface area contributed by atoms with Gasteiger partial charge in [-0.25, -0.2) is 4.68 Å². The van der Waals surface area contributed by atoms with Crippen LogP contribution < -0.4 is 15.0 Å². The molecule has 9 nitrogen and oxygen atoms in total. The predicted molar refractivity (Wildman–Crippen MR) is 156 cm³/mol. The van der Waals surface area contributed by atoms with Crippen LogP contribution in [0.15, 0.2) is 47.3 Å². The molecule has 0 radical (unpaired) electrons. The number of nitrogens with one attached hydrogen (secondary N) is 1. The van der Waals surface area contributed by atoms with Gasteiger partial charge in [-0.3, -0.25) is 9.69 Å². The fourth-order valence-corrected chi connectivity index (χ4v) is 5.97. The Bertz CT molecular complexity index is 1490. The van der Waals surface area contributed by atoms with Gasteiger partial charge in [-0.2, -0.15) is 0 Å². The van der Waals surface area contributed by atoms with E-state index in [1.54, 1.807) is 14.2 Å². The highest BCUT2D eigenvalue weighted by Crippen LogP contribution is 2.33. The van der Waals surface area contributed by atoms with Crippen molar-refractivity contribution in [1.82, 2.24) is 30.1 Å². The van der Waals surface area contributed by atoms with Crippen LogP contribution in [0.25, 0.3) is 10.9 Å². The van der Waals surface area contributed by atoms with Crippen molar-refractivity contribution in [2.45, 2.75) is 77.4 Å². The second kappa shape index (κ2) is 12.6. The third kappa shape index (κ3) is 6.04. The zero-order valence-corrected chi connectivity index (χ0v) is 24.0. The lowest BCUT2D eigenvalue weighted by atomic mass is 9.95. The van der Waals surface area contributed by atoms with E-state index in [1.807, 2.05) is 30.3 Å². The summed E-state index contributed by atoms with van der Waals surface area (Å²) in [6.45, 7) is 5.44. The number of tetrazole rings is 1. The van der Waals surface area contributed by atoms with Gasteiger partial charge in [-0.05, 0) is 84.3 Å². The molecular weight excluding hydrogens is 504 g/mol. The second-order valence-corrected chi connectivity index (χ2v) is 10.8. The van der Waals surface area contributed by atoms with Gasteiger partial charge in [0, 0.05) is 24.2 Å². The van der Waals surface area contributed by atoms with Crippen molar-refractivity contribution >= 4 is 10.9 Å². The molecule has 212 valence electrons. The Morgan fingerprint density at radius 1 is 1.05 bits per heavy atom. The van der Waals surface area contributed by atoms with Crippen molar-refractivity contribution in [3.8, 4) is 11.5 Å². The highest BCUT2D eigenvalue weighted by Gasteiger charge is 2.29. The van der Waals surface area contributed by atoms with Gasteiger partial charge in [0.25, 0.3) is 5.56 Å². The smallest absolute Gasteiger partial charge is 0.252 e. The lowest BCUT2D eigenvalue weighted by Gasteiger charge is -2.32. The molecule has 2 heterocycles. The number of H-pyrrole nitrogens is 1. The van der Waals surface area contributed by atoms with Crippen molar-refractivity contribution < 1.29 is 9.47 Å². The summed E-state index contributed by atoms with van der Waals surface area (Å²) in [5.74, 6) is 2.30. The minimum Gasteiger partial charge on any atom is -0.493 e. The van der Waals surface area contributed by atoms with Crippen LogP contribution in [-0.4, -0.2) is 50.9 Å². The number of fused-ring (bicyclic) bond motifs is 1. The molecule has 1 aliphatic carbocycles. The summed E-state index contributed by atoms with van der Waals surface area (Å²) >= 11 is 0. The quantitative estimate of drug-likeness (QED) is 0.265. The summed E-state index contributed by atoms with van der Waals surface area (Å²) < 4.78 is 13.0. The number of aryl methyl sites for hydroxylation is 1.